The van der Waals surface area contributed by atoms with Crippen LogP contribution in [0.5, 0.6) is 0 Å². The van der Waals surface area contributed by atoms with E-state index in [0.717, 1.165) is 17.3 Å². The van der Waals surface area contributed by atoms with Gasteiger partial charge in [-0.1, -0.05) is 11.8 Å². The van der Waals surface area contributed by atoms with Gasteiger partial charge in [0.05, 0.1) is 17.5 Å². The molecule has 1 saturated heterocycles. The van der Waals surface area contributed by atoms with Crippen LogP contribution in [0.3, 0.4) is 0 Å². The van der Waals surface area contributed by atoms with Crippen molar-refractivity contribution >= 4 is 38.4 Å². The Morgan fingerprint density at radius 3 is 2.76 bits per heavy atom. The number of fused-ring (bicyclic) bond motifs is 1. The van der Waals surface area contributed by atoms with Gasteiger partial charge in [0.15, 0.2) is 15.0 Å². The molecule has 0 aromatic heterocycles. The molecule has 0 saturated carbocycles. The first-order chi connectivity index (χ1) is 12.0. The second-order valence-electron chi connectivity index (χ2n) is 6.04. The summed E-state index contributed by atoms with van der Waals surface area (Å²) in [6.45, 7) is 1.19. The van der Waals surface area contributed by atoms with Crippen molar-refractivity contribution in [2.75, 3.05) is 37.1 Å². The van der Waals surface area contributed by atoms with Crippen LogP contribution in [0, 0.1) is 0 Å². The minimum atomic E-state index is -2.94. The highest BCUT2D eigenvalue weighted by Crippen LogP contribution is 2.34. The zero-order valence-electron chi connectivity index (χ0n) is 13.9. The Balaban J connectivity index is 1.52. The summed E-state index contributed by atoms with van der Waals surface area (Å²) in [5, 5.41) is 6.79. The van der Waals surface area contributed by atoms with Crippen LogP contribution in [0.15, 0.2) is 29.3 Å². The number of methoxy groups -OCH3 is 1. The number of sulfone groups is 1. The van der Waals surface area contributed by atoms with Crippen molar-refractivity contribution in [1.29, 1.82) is 0 Å². The number of benzene rings is 1. The van der Waals surface area contributed by atoms with Crippen LogP contribution < -0.4 is 10.6 Å². The summed E-state index contributed by atoms with van der Waals surface area (Å²) in [6.07, 6.45) is 0.775. The number of amides is 1. The molecule has 2 heterocycles. The number of aliphatic imine (C=N–C) groups is 1. The van der Waals surface area contributed by atoms with E-state index in [-0.39, 0.29) is 28.7 Å². The molecular formula is C16H21N3O4S2. The lowest BCUT2D eigenvalue weighted by Gasteiger charge is -2.08. The monoisotopic (exact) mass is 383 g/mol. The topological polar surface area (TPSA) is 96.9 Å². The summed E-state index contributed by atoms with van der Waals surface area (Å²) in [7, 11) is -1.30. The Morgan fingerprint density at radius 2 is 2.08 bits per heavy atom. The summed E-state index contributed by atoms with van der Waals surface area (Å²) in [5.74, 6) is 0.215. The van der Waals surface area contributed by atoms with Gasteiger partial charge in [-0.25, -0.2) is 8.42 Å². The molecule has 2 aliphatic rings. The maximum absolute atomic E-state index is 12.0. The van der Waals surface area contributed by atoms with Crippen LogP contribution in [0.25, 0.3) is 0 Å². The van der Waals surface area contributed by atoms with E-state index in [0.29, 0.717) is 18.7 Å². The molecule has 0 spiro atoms. The lowest BCUT2D eigenvalue weighted by molar-refractivity contribution is 0.0948. The average molecular weight is 383 g/mol. The maximum Gasteiger partial charge on any atom is 0.251 e. The third kappa shape index (κ3) is 4.74. The summed E-state index contributed by atoms with van der Waals surface area (Å²) in [4.78, 5) is 16.5. The average Bonchev–Trinajstić information content (AvgIpc) is 3.04. The molecule has 3 rings (SSSR count). The smallest absolute Gasteiger partial charge is 0.251 e. The summed E-state index contributed by atoms with van der Waals surface area (Å²) < 4.78 is 28.1. The molecule has 1 fully saturated rings. The molecule has 1 aromatic carbocycles. The molecule has 0 bridgehead atoms. The second kappa shape index (κ2) is 7.76. The molecule has 7 nitrogen and oxygen atoms in total. The molecule has 2 N–H and O–H groups in total. The van der Waals surface area contributed by atoms with Crippen LogP contribution in [0.2, 0.25) is 0 Å². The van der Waals surface area contributed by atoms with Gasteiger partial charge in [0.1, 0.15) is 0 Å². The lowest BCUT2D eigenvalue weighted by Crippen LogP contribution is -2.25. The molecule has 9 heteroatoms. The van der Waals surface area contributed by atoms with E-state index in [4.69, 9.17) is 4.74 Å². The van der Waals surface area contributed by atoms with Crippen molar-refractivity contribution in [3.05, 3.63) is 29.8 Å². The number of nitrogens with zero attached hydrogens (tertiary/aromatic N) is 1. The van der Waals surface area contributed by atoms with Crippen molar-refractivity contribution in [3.63, 3.8) is 0 Å². The van der Waals surface area contributed by atoms with Crippen molar-refractivity contribution < 1.29 is 17.9 Å². The third-order valence-electron chi connectivity index (χ3n) is 4.03. The molecule has 1 aromatic rings. The van der Waals surface area contributed by atoms with Crippen molar-refractivity contribution in [2.24, 2.45) is 4.99 Å². The molecule has 25 heavy (non-hydrogen) atoms. The van der Waals surface area contributed by atoms with E-state index in [1.807, 2.05) is 12.1 Å². The minimum Gasteiger partial charge on any atom is -0.385 e. The van der Waals surface area contributed by atoms with E-state index in [2.05, 4.69) is 15.6 Å². The van der Waals surface area contributed by atoms with Gasteiger partial charge in [0, 0.05) is 36.8 Å². The second-order valence-corrected chi connectivity index (χ2v) is 9.42. The SMILES string of the molecule is COCCCNC(=O)c1ccc(NC2=N[C@H]3CS(=O)(=O)C[C@H]3S2)cc1. The van der Waals surface area contributed by atoms with E-state index in [9.17, 15) is 13.2 Å². The number of hydrogen-bond donors (Lipinski definition) is 2. The molecule has 0 aliphatic carbocycles. The zero-order chi connectivity index (χ0) is 17.9. The molecular weight excluding hydrogens is 362 g/mol. The molecule has 2 atom stereocenters. The Labute approximate surface area is 151 Å². The van der Waals surface area contributed by atoms with E-state index >= 15 is 0 Å². The first kappa shape index (κ1) is 18.2. The van der Waals surface area contributed by atoms with Crippen LogP contribution >= 0.6 is 11.8 Å². The number of carbonyl (C=O) groups excluding carboxylic acids is 1. The van der Waals surface area contributed by atoms with E-state index in [1.165, 1.54) is 11.8 Å². The van der Waals surface area contributed by atoms with Gasteiger partial charge in [-0.05, 0) is 30.7 Å². The fraction of sp³-hybridized carbons (Fsp3) is 0.500. The standard InChI is InChI=1S/C16H21N3O4S2/c1-23-8-2-7-17-15(20)11-3-5-12(6-4-11)18-16-19-13-9-25(21,22)10-14(13)24-16/h3-6,13-14H,2,7-10H2,1H3,(H,17,20)(H,18,19)/t13-,14+/m0/s1. The van der Waals surface area contributed by atoms with Crippen LogP contribution in [-0.4, -0.2) is 62.6 Å². The van der Waals surface area contributed by atoms with Gasteiger partial charge in [-0.2, -0.15) is 0 Å². The van der Waals surface area contributed by atoms with Crippen molar-refractivity contribution in [2.45, 2.75) is 17.7 Å². The Morgan fingerprint density at radius 1 is 1.32 bits per heavy atom. The quantitative estimate of drug-likeness (QED) is 0.715. The predicted octanol–water partition coefficient (Wildman–Crippen LogP) is 1.13. The van der Waals surface area contributed by atoms with Crippen LogP contribution in [0.4, 0.5) is 5.69 Å². The number of amidine groups is 1. The number of carbonyl (C=O) groups is 1. The molecule has 1 amide bonds. The normalized spacial score (nSPS) is 23.8. The predicted molar refractivity (Wildman–Crippen MR) is 100 cm³/mol. The largest absolute Gasteiger partial charge is 0.385 e. The zero-order valence-corrected chi connectivity index (χ0v) is 15.5. The van der Waals surface area contributed by atoms with E-state index < -0.39 is 9.84 Å². The number of hydrogen-bond acceptors (Lipinski definition) is 7. The highest BCUT2D eigenvalue weighted by Gasteiger charge is 2.42. The van der Waals surface area contributed by atoms with E-state index in [1.54, 1.807) is 19.2 Å². The Bertz CT molecular complexity index is 762. The first-order valence-corrected chi connectivity index (χ1v) is 10.8. The molecule has 136 valence electrons. The van der Waals surface area contributed by atoms with Gasteiger partial charge >= 0.3 is 0 Å². The van der Waals surface area contributed by atoms with Gasteiger partial charge in [-0.15, -0.1) is 0 Å². The van der Waals surface area contributed by atoms with Crippen LogP contribution in [0.1, 0.15) is 16.8 Å². The fourth-order valence-corrected chi connectivity index (χ4v) is 6.44. The number of nitrogens with one attached hydrogen (secondary N) is 2. The lowest BCUT2D eigenvalue weighted by atomic mass is 10.2. The number of rotatable bonds is 6. The summed E-state index contributed by atoms with van der Waals surface area (Å²) in [6, 6.07) is 6.99. The Hall–Kier alpha value is -1.58. The fourth-order valence-electron chi connectivity index (χ4n) is 2.76. The van der Waals surface area contributed by atoms with Crippen LogP contribution in [-0.2, 0) is 14.6 Å². The summed E-state index contributed by atoms with van der Waals surface area (Å²) in [5.41, 5.74) is 1.41. The molecule has 2 aliphatic heterocycles. The maximum atomic E-state index is 12.0. The third-order valence-corrected chi connectivity index (χ3v) is 7.17. The van der Waals surface area contributed by atoms with Gasteiger partial charge in [-0.3, -0.25) is 9.79 Å². The number of anilines is 1. The van der Waals surface area contributed by atoms with Gasteiger partial charge in [0.2, 0.25) is 0 Å². The van der Waals surface area contributed by atoms with Gasteiger partial charge < -0.3 is 15.4 Å². The molecule has 0 unspecified atom stereocenters. The summed E-state index contributed by atoms with van der Waals surface area (Å²) >= 11 is 1.47. The van der Waals surface area contributed by atoms with Crippen molar-refractivity contribution in [3.8, 4) is 0 Å². The first-order valence-electron chi connectivity index (χ1n) is 8.06. The minimum absolute atomic E-state index is 0.0182. The number of thioether (sulfide) groups is 1. The molecule has 0 radical (unpaired) electrons. The Kier molecular flexibility index (Phi) is 5.65. The number of ether oxygens (including phenoxy) is 1. The highest BCUT2D eigenvalue weighted by molar-refractivity contribution is 8.15. The highest BCUT2D eigenvalue weighted by atomic mass is 32.2. The van der Waals surface area contributed by atoms with Crippen molar-refractivity contribution in [1.82, 2.24) is 5.32 Å². The van der Waals surface area contributed by atoms with Gasteiger partial charge in [0.25, 0.3) is 5.91 Å².